The number of carbonyl (C=O) groups excluding carboxylic acids is 2. The number of esters is 1. The van der Waals surface area contributed by atoms with Crippen molar-refractivity contribution < 1.29 is 14.3 Å². The second-order valence-corrected chi connectivity index (χ2v) is 7.14. The number of nitrogens with one attached hydrogen (secondary N) is 1. The zero-order chi connectivity index (χ0) is 20.8. The lowest BCUT2D eigenvalue weighted by Crippen LogP contribution is -2.27. The number of ether oxygens (including phenoxy) is 1. The van der Waals surface area contributed by atoms with Gasteiger partial charge < -0.3 is 10.1 Å². The van der Waals surface area contributed by atoms with E-state index in [0.717, 1.165) is 11.1 Å². The minimum absolute atomic E-state index is 0.0457. The molecular weight excluding hydrogens is 392 g/mol. The van der Waals surface area contributed by atoms with E-state index in [1.807, 2.05) is 31.2 Å². The first-order valence-electron chi connectivity index (χ1n) is 8.98. The fourth-order valence-electron chi connectivity index (χ4n) is 2.55. The Morgan fingerprint density at radius 3 is 2.69 bits per heavy atom. The van der Waals surface area contributed by atoms with Crippen molar-refractivity contribution in [3.05, 3.63) is 63.7 Å². The van der Waals surface area contributed by atoms with Crippen LogP contribution in [-0.2, 0) is 27.3 Å². The molecule has 0 spiro atoms. The van der Waals surface area contributed by atoms with Crippen LogP contribution >= 0.6 is 11.3 Å². The molecule has 0 saturated heterocycles. The summed E-state index contributed by atoms with van der Waals surface area (Å²) in [5.74, 6) is -0.781. The normalized spacial score (nSPS) is 10.6. The third-order valence-electron chi connectivity index (χ3n) is 3.97. The van der Waals surface area contributed by atoms with Crippen LogP contribution in [-0.4, -0.2) is 33.0 Å². The Labute approximate surface area is 171 Å². The summed E-state index contributed by atoms with van der Waals surface area (Å²) in [4.78, 5) is 44.5. The lowest BCUT2D eigenvalue weighted by molar-refractivity contribution is -0.142. The molecule has 0 atom stereocenters. The maximum Gasteiger partial charge on any atom is 0.311 e. The number of thiazole rings is 1. The molecule has 1 aromatic carbocycles. The monoisotopic (exact) mass is 412 g/mol. The number of nitrogens with zero attached hydrogens (tertiary/aromatic N) is 3. The molecule has 150 valence electrons. The number of amides is 1. The molecule has 3 aromatic rings. The van der Waals surface area contributed by atoms with Gasteiger partial charge in [0.05, 0.1) is 30.7 Å². The van der Waals surface area contributed by atoms with Crippen molar-refractivity contribution >= 4 is 28.3 Å². The second-order valence-electron chi connectivity index (χ2n) is 6.28. The highest BCUT2D eigenvalue weighted by molar-refractivity contribution is 7.13. The lowest BCUT2D eigenvalue weighted by Gasteiger charge is -2.07. The molecule has 0 bridgehead atoms. The molecular formula is C20H20N4O4S. The Kier molecular flexibility index (Phi) is 6.50. The number of hydrogen-bond donors (Lipinski definition) is 1. The first-order chi connectivity index (χ1) is 13.9. The number of aryl methyl sites for hydroxylation is 1. The van der Waals surface area contributed by atoms with E-state index in [2.05, 4.69) is 15.3 Å². The van der Waals surface area contributed by atoms with Gasteiger partial charge in [0.15, 0.2) is 5.13 Å². The summed E-state index contributed by atoms with van der Waals surface area (Å²) in [7, 11) is 0. The summed E-state index contributed by atoms with van der Waals surface area (Å²) in [5.41, 5.74) is 2.70. The summed E-state index contributed by atoms with van der Waals surface area (Å²) in [6.07, 6.45) is 1.40. The minimum Gasteiger partial charge on any atom is -0.466 e. The Hall–Kier alpha value is -3.33. The van der Waals surface area contributed by atoms with Crippen LogP contribution < -0.4 is 10.9 Å². The third kappa shape index (κ3) is 5.58. The predicted molar refractivity (Wildman–Crippen MR) is 110 cm³/mol. The maximum absolute atomic E-state index is 12.3. The highest BCUT2D eigenvalue weighted by atomic mass is 32.1. The van der Waals surface area contributed by atoms with E-state index < -0.39 is 5.91 Å². The van der Waals surface area contributed by atoms with Crippen molar-refractivity contribution in [3.63, 3.8) is 0 Å². The Balaban J connectivity index is 1.62. The second kappa shape index (κ2) is 9.24. The Bertz CT molecular complexity index is 1070. The maximum atomic E-state index is 12.3. The van der Waals surface area contributed by atoms with Crippen LogP contribution in [0.25, 0.3) is 11.3 Å². The average molecular weight is 412 g/mol. The van der Waals surface area contributed by atoms with Gasteiger partial charge in [-0.15, -0.1) is 11.3 Å². The van der Waals surface area contributed by atoms with Gasteiger partial charge in [-0.2, -0.15) is 0 Å². The van der Waals surface area contributed by atoms with Crippen molar-refractivity contribution in [2.75, 3.05) is 11.9 Å². The number of benzene rings is 1. The van der Waals surface area contributed by atoms with Gasteiger partial charge in [-0.05, 0) is 13.8 Å². The number of anilines is 1. The number of hydrogen-bond acceptors (Lipinski definition) is 7. The molecule has 8 nitrogen and oxygen atoms in total. The number of rotatable bonds is 7. The molecule has 3 rings (SSSR count). The van der Waals surface area contributed by atoms with Crippen LogP contribution in [0.4, 0.5) is 5.13 Å². The van der Waals surface area contributed by atoms with Gasteiger partial charge >= 0.3 is 5.97 Å². The Morgan fingerprint density at radius 1 is 1.24 bits per heavy atom. The number of carbonyl (C=O) groups is 2. The zero-order valence-corrected chi connectivity index (χ0v) is 16.9. The van der Waals surface area contributed by atoms with Crippen molar-refractivity contribution in [2.45, 2.75) is 26.8 Å². The molecule has 1 N–H and O–H groups in total. The van der Waals surface area contributed by atoms with Crippen LogP contribution in [0.1, 0.15) is 18.2 Å². The minimum atomic E-state index is -0.408. The van der Waals surface area contributed by atoms with Crippen LogP contribution in [0.5, 0.6) is 0 Å². The van der Waals surface area contributed by atoms with Gasteiger partial charge in [-0.25, -0.2) is 9.97 Å². The summed E-state index contributed by atoms with van der Waals surface area (Å²) in [5, 5.41) is 4.66. The molecule has 0 saturated carbocycles. The molecule has 0 radical (unpaired) electrons. The molecule has 9 heteroatoms. The van der Waals surface area contributed by atoms with E-state index >= 15 is 0 Å². The van der Waals surface area contributed by atoms with E-state index in [0.29, 0.717) is 23.1 Å². The topological polar surface area (TPSA) is 103 Å². The van der Waals surface area contributed by atoms with Crippen molar-refractivity contribution in [1.82, 2.24) is 14.5 Å². The van der Waals surface area contributed by atoms with Crippen LogP contribution in [0, 0.1) is 6.92 Å². The van der Waals surface area contributed by atoms with Gasteiger partial charge in [0, 0.05) is 17.0 Å². The largest absolute Gasteiger partial charge is 0.466 e. The van der Waals surface area contributed by atoms with E-state index in [-0.39, 0.29) is 24.5 Å². The van der Waals surface area contributed by atoms with Crippen LogP contribution in [0.15, 0.2) is 46.8 Å². The summed E-state index contributed by atoms with van der Waals surface area (Å²) in [6, 6.07) is 9.08. The SMILES string of the molecule is CCOC(=O)Cc1csc(NC(=O)Cn2cnc(-c3ccc(C)cc3)cc2=O)n1. The van der Waals surface area contributed by atoms with Crippen molar-refractivity contribution in [2.24, 2.45) is 0 Å². The summed E-state index contributed by atoms with van der Waals surface area (Å²) < 4.78 is 6.09. The first-order valence-corrected chi connectivity index (χ1v) is 9.86. The van der Waals surface area contributed by atoms with Crippen molar-refractivity contribution in [3.8, 4) is 11.3 Å². The van der Waals surface area contributed by atoms with E-state index in [1.165, 1.54) is 28.3 Å². The lowest BCUT2D eigenvalue weighted by atomic mass is 10.1. The molecule has 2 aromatic heterocycles. The van der Waals surface area contributed by atoms with Gasteiger partial charge in [-0.1, -0.05) is 29.8 Å². The molecule has 29 heavy (non-hydrogen) atoms. The third-order valence-corrected chi connectivity index (χ3v) is 4.78. The molecule has 1 amide bonds. The molecule has 0 unspecified atom stereocenters. The molecule has 0 aliphatic carbocycles. The van der Waals surface area contributed by atoms with Crippen LogP contribution in [0.2, 0.25) is 0 Å². The summed E-state index contributed by atoms with van der Waals surface area (Å²) in [6.45, 7) is 3.83. The van der Waals surface area contributed by atoms with Crippen LogP contribution in [0.3, 0.4) is 0 Å². The van der Waals surface area contributed by atoms with Crippen molar-refractivity contribution in [1.29, 1.82) is 0 Å². The fourth-order valence-corrected chi connectivity index (χ4v) is 3.27. The quantitative estimate of drug-likeness (QED) is 0.598. The molecule has 0 fully saturated rings. The molecule has 0 aliphatic heterocycles. The predicted octanol–water partition coefficient (Wildman–Crippen LogP) is 2.42. The average Bonchev–Trinajstić information content (AvgIpc) is 3.10. The fraction of sp³-hybridized carbons (Fsp3) is 0.250. The summed E-state index contributed by atoms with van der Waals surface area (Å²) >= 11 is 1.20. The standard InChI is InChI=1S/C20H20N4O4S/c1-3-28-19(27)8-15-11-29-20(22-15)23-17(25)10-24-12-21-16(9-18(24)26)14-6-4-13(2)5-7-14/h4-7,9,11-12H,3,8,10H2,1-2H3,(H,22,23,25). The highest BCUT2D eigenvalue weighted by Gasteiger charge is 2.12. The first kappa shape index (κ1) is 20.4. The van der Waals surface area contributed by atoms with E-state index in [9.17, 15) is 14.4 Å². The van der Waals surface area contributed by atoms with E-state index in [1.54, 1.807) is 12.3 Å². The van der Waals surface area contributed by atoms with Gasteiger partial charge in [0.25, 0.3) is 5.56 Å². The number of aromatic nitrogens is 3. The van der Waals surface area contributed by atoms with E-state index in [4.69, 9.17) is 4.74 Å². The van der Waals surface area contributed by atoms with Gasteiger partial charge in [0.2, 0.25) is 5.91 Å². The highest BCUT2D eigenvalue weighted by Crippen LogP contribution is 2.17. The van der Waals surface area contributed by atoms with Gasteiger partial charge in [0.1, 0.15) is 6.54 Å². The smallest absolute Gasteiger partial charge is 0.311 e. The van der Waals surface area contributed by atoms with Gasteiger partial charge in [-0.3, -0.25) is 19.0 Å². The Morgan fingerprint density at radius 2 is 2.00 bits per heavy atom. The molecule has 2 heterocycles. The molecule has 0 aliphatic rings. The zero-order valence-electron chi connectivity index (χ0n) is 16.0.